The van der Waals surface area contributed by atoms with Crippen LogP contribution in [0.4, 0.5) is 16.3 Å². The van der Waals surface area contributed by atoms with E-state index in [2.05, 4.69) is 22.3 Å². The second-order valence-corrected chi connectivity index (χ2v) is 5.61. The SMILES string of the molecule is CCCCCOC(=O)N1c2cncnc2N(NCC)C1N(C)C. The first-order chi connectivity index (χ1) is 11.1. The number of carbonyl (C=O) groups excluding carboxylic acids is 1. The number of hydrazine groups is 1. The molecule has 0 radical (unpaired) electrons. The molecule has 23 heavy (non-hydrogen) atoms. The number of rotatable bonds is 7. The fourth-order valence-electron chi connectivity index (χ4n) is 2.58. The van der Waals surface area contributed by atoms with Crippen LogP contribution in [0.2, 0.25) is 0 Å². The molecule has 128 valence electrons. The maximum atomic E-state index is 12.6. The summed E-state index contributed by atoms with van der Waals surface area (Å²) in [5.41, 5.74) is 3.89. The highest BCUT2D eigenvalue weighted by molar-refractivity contribution is 5.95. The van der Waals surface area contributed by atoms with E-state index in [0.29, 0.717) is 24.7 Å². The van der Waals surface area contributed by atoms with Gasteiger partial charge in [-0.15, -0.1) is 0 Å². The smallest absolute Gasteiger partial charge is 0.417 e. The third kappa shape index (κ3) is 3.70. The van der Waals surface area contributed by atoms with Gasteiger partial charge in [0.1, 0.15) is 12.0 Å². The Hall–Kier alpha value is -1.93. The molecule has 8 nitrogen and oxygen atoms in total. The van der Waals surface area contributed by atoms with Crippen molar-refractivity contribution in [3.8, 4) is 0 Å². The Kier molecular flexibility index (Phi) is 6.12. The van der Waals surface area contributed by atoms with E-state index in [1.165, 1.54) is 6.33 Å². The number of nitrogens with zero attached hydrogens (tertiary/aromatic N) is 5. The molecule has 1 amide bonds. The first-order valence-corrected chi connectivity index (χ1v) is 8.07. The van der Waals surface area contributed by atoms with Crippen LogP contribution in [-0.4, -0.2) is 54.5 Å². The number of hydrogen-bond acceptors (Lipinski definition) is 7. The summed E-state index contributed by atoms with van der Waals surface area (Å²) >= 11 is 0. The molecule has 8 heteroatoms. The van der Waals surface area contributed by atoms with Crippen LogP contribution in [-0.2, 0) is 4.74 Å². The number of nitrogens with one attached hydrogen (secondary N) is 1. The van der Waals surface area contributed by atoms with Crippen LogP contribution in [0.3, 0.4) is 0 Å². The lowest BCUT2D eigenvalue weighted by atomic mass is 10.3. The number of carbonyl (C=O) groups is 1. The van der Waals surface area contributed by atoms with Crippen LogP contribution in [0.5, 0.6) is 0 Å². The second kappa shape index (κ2) is 8.07. The molecule has 2 heterocycles. The molecule has 1 N–H and O–H groups in total. The van der Waals surface area contributed by atoms with E-state index in [9.17, 15) is 4.79 Å². The van der Waals surface area contributed by atoms with Crippen LogP contribution >= 0.6 is 0 Å². The predicted octanol–water partition coefficient (Wildman–Crippen LogP) is 1.80. The van der Waals surface area contributed by atoms with E-state index >= 15 is 0 Å². The summed E-state index contributed by atoms with van der Waals surface area (Å²) in [7, 11) is 3.82. The average molecular weight is 322 g/mol. The van der Waals surface area contributed by atoms with Crippen molar-refractivity contribution in [1.82, 2.24) is 20.3 Å². The molecule has 0 aliphatic carbocycles. The summed E-state index contributed by atoms with van der Waals surface area (Å²) in [6, 6.07) is 0. The molecule has 1 atom stereocenters. The monoisotopic (exact) mass is 322 g/mol. The lowest BCUT2D eigenvalue weighted by Gasteiger charge is -2.34. The third-order valence-electron chi connectivity index (χ3n) is 3.58. The van der Waals surface area contributed by atoms with Gasteiger partial charge in [0.2, 0.25) is 0 Å². The van der Waals surface area contributed by atoms with Gasteiger partial charge >= 0.3 is 6.09 Å². The van der Waals surface area contributed by atoms with Crippen LogP contribution in [0.1, 0.15) is 33.1 Å². The molecular formula is C15H26N6O2. The molecule has 0 bridgehead atoms. The van der Waals surface area contributed by atoms with Crippen molar-refractivity contribution in [1.29, 1.82) is 0 Å². The van der Waals surface area contributed by atoms with E-state index in [0.717, 1.165) is 19.3 Å². The van der Waals surface area contributed by atoms with E-state index in [-0.39, 0.29) is 12.4 Å². The Labute approximate surface area is 137 Å². The summed E-state index contributed by atoms with van der Waals surface area (Å²) in [6.45, 7) is 5.26. The maximum absolute atomic E-state index is 12.6. The molecule has 0 aromatic carbocycles. The minimum Gasteiger partial charge on any atom is -0.449 e. The zero-order valence-electron chi connectivity index (χ0n) is 14.3. The van der Waals surface area contributed by atoms with E-state index in [4.69, 9.17) is 4.74 Å². The Morgan fingerprint density at radius 2 is 2.17 bits per heavy atom. The summed E-state index contributed by atoms with van der Waals surface area (Å²) in [6.07, 6.45) is 5.41. The number of aromatic nitrogens is 2. The highest BCUT2D eigenvalue weighted by Gasteiger charge is 2.43. The number of unbranched alkanes of at least 4 members (excludes halogenated alkanes) is 2. The number of hydrogen-bond donors (Lipinski definition) is 1. The molecule has 1 aliphatic rings. The Morgan fingerprint density at radius 3 is 2.83 bits per heavy atom. The predicted molar refractivity (Wildman–Crippen MR) is 89.0 cm³/mol. The summed E-state index contributed by atoms with van der Waals surface area (Å²) in [4.78, 5) is 24.5. The van der Waals surface area contributed by atoms with Crippen molar-refractivity contribution in [3.05, 3.63) is 12.5 Å². The molecule has 0 saturated carbocycles. The van der Waals surface area contributed by atoms with E-state index in [1.54, 1.807) is 11.1 Å². The minimum atomic E-state index is -0.378. The number of amides is 1. The maximum Gasteiger partial charge on any atom is 0.417 e. The molecule has 1 aromatic heterocycles. The van der Waals surface area contributed by atoms with E-state index in [1.807, 2.05) is 30.9 Å². The fraction of sp³-hybridized carbons (Fsp3) is 0.667. The molecule has 1 unspecified atom stereocenters. The van der Waals surface area contributed by atoms with Crippen LogP contribution in [0.25, 0.3) is 0 Å². The van der Waals surface area contributed by atoms with Crippen molar-refractivity contribution in [2.45, 2.75) is 39.4 Å². The zero-order valence-corrected chi connectivity index (χ0v) is 14.3. The molecule has 1 aliphatic heterocycles. The van der Waals surface area contributed by atoms with Crippen molar-refractivity contribution < 1.29 is 9.53 Å². The average Bonchev–Trinajstić information content (AvgIpc) is 2.87. The first-order valence-electron chi connectivity index (χ1n) is 8.07. The summed E-state index contributed by atoms with van der Waals surface area (Å²) in [5, 5.41) is 1.87. The van der Waals surface area contributed by atoms with Gasteiger partial charge in [-0.2, -0.15) is 0 Å². The lowest BCUT2D eigenvalue weighted by Crippen LogP contribution is -2.58. The lowest BCUT2D eigenvalue weighted by molar-refractivity contribution is 0.140. The minimum absolute atomic E-state index is 0.347. The molecule has 0 fully saturated rings. The normalized spacial score (nSPS) is 16.8. The van der Waals surface area contributed by atoms with Gasteiger partial charge in [0.15, 0.2) is 12.1 Å². The van der Waals surface area contributed by atoms with Gasteiger partial charge in [-0.25, -0.2) is 25.1 Å². The van der Waals surface area contributed by atoms with Gasteiger partial charge in [0.05, 0.1) is 12.8 Å². The number of fused-ring (bicyclic) bond motifs is 1. The highest BCUT2D eigenvalue weighted by Crippen LogP contribution is 2.36. The summed E-state index contributed by atoms with van der Waals surface area (Å²) in [5.74, 6) is 0.672. The van der Waals surface area contributed by atoms with Gasteiger partial charge in [0, 0.05) is 6.54 Å². The molecular weight excluding hydrogens is 296 g/mol. The fourth-order valence-corrected chi connectivity index (χ4v) is 2.58. The first kappa shape index (κ1) is 17.4. The van der Waals surface area contributed by atoms with Gasteiger partial charge < -0.3 is 4.74 Å². The van der Waals surface area contributed by atoms with Crippen molar-refractivity contribution >= 4 is 17.6 Å². The largest absolute Gasteiger partial charge is 0.449 e. The van der Waals surface area contributed by atoms with Gasteiger partial charge in [-0.1, -0.05) is 26.7 Å². The third-order valence-corrected chi connectivity index (χ3v) is 3.58. The standard InChI is InChI=1S/C15H26N6O2/c1-5-7-8-9-23-15(22)20-12-10-16-11-17-13(12)21(18-6-2)14(20)19(3)4/h10-11,14,18H,5-9H2,1-4H3. The van der Waals surface area contributed by atoms with Crippen LogP contribution in [0.15, 0.2) is 12.5 Å². The van der Waals surface area contributed by atoms with Crippen molar-refractivity contribution in [2.75, 3.05) is 37.2 Å². The van der Waals surface area contributed by atoms with Gasteiger partial charge in [-0.05, 0) is 20.5 Å². The van der Waals surface area contributed by atoms with Gasteiger partial charge in [-0.3, -0.25) is 9.91 Å². The quantitative estimate of drug-likeness (QED) is 0.767. The number of anilines is 2. The van der Waals surface area contributed by atoms with Gasteiger partial charge in [0.25, 0.3) is 0 Å². The summed E-state index contributed by atoms with van der Waals surface area (Å²) < 4.78 is 5.44. The van der Waals surface area contributed by atoms with Crippen molar-refractivity contribution in [3.63, 3.8) is 0 Å². The van der Waals surface area contributed by atoms with Crippen LogP contribution < -0.4 is 15.3 Å². The van der Waals surface area contributed by atoms with Crippen LogP contribution in [0, 0.1) is 0 Å². The van der Waals surface area contributed by atoms with E-state index < -0.39 is 0 Å². The molecule has 1 aromatic rings. The van der Waals surface area contributed by atoms with Crippen molar-refractivity contribution in [2.24, 2.45) is 0 Å². The second-order valence-electron chi connectivity index (χ2n) is 5.61. The highest BCUT2D eigenvalue weighted by atomic mass is 16.6. The Morgan fingerprint density at radius 1 is 1.39 bits per heavy atom. The number of ether oxygens (including phenoxy) is 1. The zero-order chi connectivity index (χ0) is 16.8. The Balaban J connectivity index is 2.22. The Bertz CT molecular complexity index is 524. The molecule has 0 spiro atoms. The topological polar surface area (TPSA) is 73.8 Å². The molecule has 2 rings (SSSR count). The molecule has 0 saturated heterocycles.